The van der Waals surface area contributed by atoms with Gasteiger partial charge in [0.25, 0.3) is 0 Å². The first-order chi connectivity index (χ1) is 44.2. The smallest absolute Gasteiger partial charge is 0.187 e. The number of aliphatic hydroxyl groups is 18. The summed E-state index contributed by atoms with van der Waals surface area (Å²) in [6.07, 6.45) is -36.7. The Morgan fingerprint density at radius 2 is 0.989 bits per heavy atom. The van der Waals surface area contributed by atoms with Crippen LogP contribution >= 0.6 is 0 Å². The van der Waals surface area contributed by atoms with Crippen molar-refractivity contribution in [3.63, 3.8) is 0 Å². The standard InChI is InChI=1S/C64H108O30/c1-26(2)10-9-14-64(8,87-25-35-45(75)47(77)44(74)33(88-35)23-85-55-52(82)46(76)34(24-86-55)91-56-50(80)40(70)29(68)21-83-56)27-11-16-63(7)39(27)28(67)18-37-61(5)15-13-38(60(3,4)36(61)12-17-62(37,63)6)92-58-53(48(78)42(72)31(19-65)89-58)94-59-54(49(79)43(73)32(20-66)90-59)93-57-51(81)41(71)30(69)22-84-57/h10,27-59,65-82H,9,11-25H2,1-8H3/t27?,28-,29-,30-,31-,32-,33-,34-,35+,36?,37?,38+,39?,40+,41+,42-,43-,44-,45+,46+,47+,48+,49+,50-,51-,52-,53-,54-,55-,56+,57+,58+,59+,61+,62-,63-,64+/m1/s1. The van der Waals surface area contributed by atoms with Crippen LogP contribution in [0, 0.1) is 45.3 Å². The zero-order chi connectivity index (χ0) is 68.6. The highest BCUT2D eigenvalue weighted by molar-refractivity contribution is 5.21. The van der Waals surface area contributed by atoms with Gasteiger partial charge in [-0.1, -0.05) is 46.3 Å². The SMILES string of the molecule is CC(C)=CCC[C@](C)(OC[C@@H]1O[C@H](CO[C@@H]2OC[C@@H](O[C@@H]3OC[C@@H](O)[C@H](O)[C@H]3O)[C@H](O)[C@H]2O)[C@@H](O)[C@H](O)[C@H]1O)C1CC[C@]2(C)C1[C@H](O)CC1[C@@]3(C)CC[C@H](O[C@@H]4O[C@H](CO)[C@@H](O)[C@H](O)[C@H]4O[C@@H]4O[C@H](CO)[C@@H](O)[C@H](O)[C@H]4O[C@@H]4OC[C@@H](O)[C@H](O)[C@H]4O)C(C)(C)C3CC[C@]12C. The van der Waals surface area contributed by atoms with Crippen LogP contribution in [0.2, 0.25) is 0 Å². The highest BCUT2D eigenvalue weighted by atomic mass is 16.8. The van der Waals surface area contributed by atoms with Crippen LogP contribution in [0.4, 0.5) is 0 Å². The fourth-order valence-electron chi connectivity index (χ4n) is 18.5. The summed E-state index contributed by atoms with van der Waals surface area (Å²) in [6.45, 7) is 13.8. The molecule has 0 aromatic heterocycles. The van der Waals surface area contributed by atoms with Gasteiger partial charge < -0.3 is 149 Å². The summed E-state index contributed by atoms with van der Waals surface area (Å²) in [7, 11) is 0. The average Bonchev–Trinajstić information content (AvgIpc) is 1.31. The van der Waals surface area contributed by atoms with E-state index < -0.39 is 221 Å². The highest BCUT2D eigenvalue weighted by Gasteiger charge is 2.72. The third-order valence-corrected chi connectivity index (χ3v) is 24.3. The van der Waals surface area contributed by atoms with Crippen molar-refractivity contribution in [2.45, 2.75) is 297 Å². The van der Waals surface area contributed by atoms with Crippen LogP contribution in [-0.4, -0.2) is 322 Å². The highest BCUT2D eigenvalue weighted by Crippen LogP contribution is 2.76. The van der Waals surface area contributed by atoms with Crippen molar-refractivity contribution < 1.29 is 149 Å². The summed E-state index contributed by atoms with van der Waals surface area (Å²) in [5, 5.41) is 196. The molecule has 10 fully saturated rings. The Morgan fingerprint density at radius 3 is 1.56 bits per heavy atom. The second-order valence-corrected chi connectivity index (χ2v) is 30.4. The minimum absolute atomic E-state index is 0.00857. The van der Waals surface area contributed by atoms with Gasteiger partial charge in [-0.05, 0) is 124 Å². The Bertz CT molecular complexity index is 2500. The monoisotopic (exact) mass is 1360 g/mol. The molecule has 37 atom stereocenters. The number of aliphatic hydroxyl groups excluding tert-OH is 18. The number of hydrogen-bond donors (Lipinski definition) is 18. The van der Waals surface area contributed by atoms with Gasteiger partial charge >= 0.3 is 0 Å². The Hall–Kier alpha value is -1.46. The summed E-state index contributed by atoms with van der Waals surface area (Å²) in [5.41, 5.74) is -1.57. The molecule has 18 N–H and O–H groups in total. The third kappa shape index (κ3) is 13.9. The zero-order valence-electron chi connectivity index (χ0n) is 54.9. The second-order valence-electron chi connectivity index (χ2n) is 30.4. The minimum Gasteiger partial charge on any atom is -0.394 e. The van der Waals surface area contributed by atoms with E-state index in [-0.39, 0.29) is 54.3 Å². The van der Waals surface area contributed by atoms with Gasteiger partial charge in [0.2, 0.25) is 0 Å². The number of hydrogen-bond acceptors (Lipinski definition) is 30. The average molecular weight is 1360 g/mol. The Morgan fingerprint density at radius 1 is 0.479 bits per heavy atom. The van der Waals surface area contributed by atoms with Gasteiger partial charge in [0.1, 0.15) is 134 Å². The Balaban J connectivity index is 0.820. The Kier molecular flexibility index (Phi) is 23.6. The van der Waals surface area contributed by atoms with Gasteiger partial charge in [-0.3, -0.25) is 0 Å². The lowest BCUT2D eigenvalue weighted by molar-refractivity contribution is -0.395. The number of allylic oxidation sites excluding steroid dienone is 2. The molecule has 0 bridgehead atoms. The normalized spacial score (nSPS) is 52.8. The largest absolute Gasteiger partial charge is 0.394 e. The van der Waals surface area contributed by atoms with Crippen LogP contribution in [0.25, 0.3) is 0 Å². The minimum atomic E-state index is -1.89. The maximum Gasteiger partial charge on any atom is 0.187 e. The van der Waals surface area contributed by atoms with E-state index >= 15 is 0 Å². The fourth-order valence-corrected chi connectivity index (χ4v) is 18.5. The number of fused-ring (bicyclic) bond motifs is 5. The molecule has 0 radical (unpaired) electrons. The maximum absolute atomic E-state index is 13.0. The van der Waals surface area contributed by atoms with Crippen molar-refractivity contribution in [1.82, 2.24) is 0 Å². The first-order valence-electron chi connectivity index (χ1n) is 33.6. The summed E-state index contributed by atoms with van der Waals surface area (Å²) in [5.74, 6) is -0.457. The molecular formula is C64H108O30. The van der Waals surface area contributed by atoms with E-state index in [2.05, 4.69) is 40.7 Å². The summed E-state index contributed by atoms with van der Waals surface area (Å²) in [4.78, 5) is 0. The topological polar surface area (TPSA) is 475 Å². The van der Waals surface area contributed by atoms with E-state index in [1.54, 1.807) is 0 Å². The number of rotatable bonds is 20. The van der Waals surface area contributed by atoms with E-state index in [1.165, 1.54) is 0 Å². The van der Waals surface area contributed by atoms with Crippen LogP contribution in [0.1, 0.15) is 113 Å². The molecular weight excluding hydrogens is 1250 g/mol. The Labute approximate surface area is 547 Å². The van der Waals surface area contributed by atoms with Gasteiger partial charge in [0.15, 0.2) is 31.5 Å². The molecule has 4 saturated carbocycles. The van der Waals surface area contributed by atoms with Crippen molar-refractivity contribution in [3.05, 3.63) is 11.6 Å². The van der Waals surface area contributed by atoms with E-state index in [9.17, 15) is 91.9 Å². The molecule has 30 heteroatoms. The van der Waals surface area contributed by atoms with Gasteiger partial charge in [0.05, 0.1) is 64.1 Å². The van der Waals surface area contributed by atoms with Crippen LogP contribution < -0.4 is 0 Å². The molecule has 6 heterocycles. The molecule has 10 rings (SSSR count). The van der Waals surface area contributed by atoms with Crippen molar-refractivity contribution in [2.75, 3.05) is 46.2 Å². The van der Waals surface area contributed by atoms with Crippen molar-refractivity contribution >= 4 is 0 Å². The summed E-state index contributed by atoms with van der Waals surface area (Å²) in [6, 6.07) is 0. The summed E-state index contributed by atoms with van der Waals surface area (Å²) >= 11 is 0. The predicted octanol–water partition coefficient (Wildman–Crippen LogP) is -4.59. The third-order valence-electron chi connectivity index (χ3n) is 24.3. The lowest BCUT2D eigenvalue weighted by atomic mass is 9.35. The molecule has 0 amide bonds. The van der Waals surface area contributed by atoms with E-state index in [1.807, 2.05) is 20.8 Å². The molecule has 0 spiro atoms. The molecule has 6 aliphatic heterocycles. The molecule has 10 aliphatic rings. The molecule has 544 valence electrons. The van der Waals surface area contributed by atoms with Crippen molar-refractivity contribution in [2.24, 2.45) is 45.3 Å². The molecule has 30 nitrogen and oxygen atoms in total. The second kappa shape index (κ2) is 29.5. The van der Waals surface area contributed by atoms with Gasteiger partial charge in [0, 0.05) is 0 Å². The van der Waals surface area contributed by atoms with Crippen molar-refractivity contribution in [3.8, 4) is 0 Å². The van der Waals surface area contributed by atoms with E-state index in [0.29, 0.717) is 38.5 Å². The fraction of sp³-hybridized carbons (Fsp3) is 0.969. The maximum atomic E-state index is 13.0. The van der Waals surface area contributed by atoms with Crippen LogP contribution in [0.15, 0.2) is 11.6 Å². The molecule has 94 heavy (non-hydrogen) atoms. The predicted molar refractivity (Wildman–Crippen MR) is 318 cm³/mol. The zero-order valence-corrected chi connectivity index (χ0v) is 54.9. The van der Waals surface area contributed by atoms with Gasteiger partial charge in [-0.15, -0.1) is 0 Å². The molecule has 0 aromatic rings. The van der Waals surface area contributed by atoms with Crippen LogP contribution in [-0.2, 0) is 56.8 Å². The van der Waals surface area contributed by atoms with Gasteiger partial charge in [-0.2, -0.15) is 0 Å². The summed E-state index contributed by atoms with van der Waals surface area (Å²) < 4.78 is 72.4. The van der Waals surface area contributed by atoms with Crippen LogP contribution in [0.3, 0.4) is 0 Å². The number of ether oxygens (including phenoxy) is 12. The van der Waals surface area contributed by atoms with Crippen LogP contribution in [0.5, 0.6) is 0 Å². The van der Waals surface area contributed by atoms with E-state index in [0.717, 1.165) is 24.8 Å². The lowest BCUT2D eigenvalue weighted by Crippen LogP contribution is -2.68. The first-order valence-corrected chi connectivity index (χ1v) is 33.6. The molecule has 4 unspecified atom stereocenters. The first kappa shape index (κ1) is 75.2. The quantitative estimate of drug-likeness (QED) is 0.0403. The molecule has 4 aliphatic carbocycles. The lowest BCUT2D eigenvalue weighted by Gasteiger charge is -2.71. The molecule has 6 saturated heterocycles. The van der Waals surface area contributed by atoms with E-state index in [4.69, 9.17) is 56.8 Å². The molecule has 0 aromatic carbocycles. The van der Waals surface area contributed by atoms with Crippen molar-refractivity contribution in [1.29, 1.82) is 0 Å². The van der Waals surface area contributed by atoms with Gasteiger partial charge in [-0.25, -0.2) is 0 Å².